The van der Waals surface area contributed by atoms with Crippen LogP contribution in [0.25, 0.3) is 34.0 Å². The number of nitrogens with zero attached hydrogens (tertiary/aromatic N) is 5. The van der Waals surface area contributed by atoms with E-state index in [-0.39, 0.29) is 31.7 Å². The van der Waals surface area contributed by atoms with Crippen molar-refractivity contribution in [3.8, 4) is 34.0 Å². The van der Waals surface area contributed by atoms with E-state index in [4.69, 9.17) is 0 Å². The molecular formula is C30H19F7InN6. The van der Waals surface area contributed by atoms with Gasteiger partial charge in [0.25, 0.3) is 0 Å². The van der Waals surface area contributed by atoms with Crippen molar-refractivity contribution >= 4 is 25.8 Å². The summed E-state index contributed by atoms with van der Waals surface area (Å²) >= 11 is 0. The minimum absolute atomic E-state index is 0. The number of H-pyrrole nitrogens is 1. The molecule has 6 aromatic rings. The Kier molecular flexibility index (Phi) is 12.1. The topological polar surface area (TPSA) is 80.2 Å². The molecule has 0 aliphatic carbocycles. The van der Waals surface area contributed by atoms with Crippen molar-refractivity contribution in [2.24, 2.45) is 0 Å². The van der Waals surface area contributed by atoms with Crippen LogP contribution in [0.15, 0.2) is 110 Å². The van der Waals surface area contributed by atoms with Crippen molar-refractivity contribution in [2.75, 3.05) is 0 Å². The third-order valence-electron chi connectivity index (χ3n) is 5.39. The van der Waals surface area contributed by atoms with Crippen molar-refractivity contribution in [3.63, 3.8) is 0 Å². The summed E-state index contributed by atoms with van der Waals surface area (Å²) in [6.45, 7) is 0. The third-order valence-corrected chi connectivity index (χ3v) is 5.39. The van der Waals surface area contributed by atoms with Gasteiger partial charge in [0.05, 0.1) is 11.4 Å². The second-order valence-corrected chi connectivity index (χ2v) is 8.40. The molecule has 4 aromatic heterocycles. The van der Waals surface area contributed by atoms with Gasteiger partial charge in [-0.1, -0.05) is 18.2 Å². The zero-order valence-electron chi connectivity index (χ0n) is 22.4. The first kappa shape index (κ1) is 33.9. The van der Waals surface area contributed by atoms with Crippen LogP contribution in [0, 0.1) is 23.3 Å². The van der Waals surface area contributed by atoms with Crippen molar-refractivity contribution in [2.45, 2.75) is 6.18 Å². The molecule has 0 unspecified atom stereocenters. The van der Waals surface area contributed by atoms with E-state index >= 15 is 0 Å². The Bertz CT molecular complexity index is 1670. The maximum Gasteiger partial charge on any atom is 0.451 e. The molecule has 4 heterocycles. The monoisotopic (exact) mass is 711 g/mol. The largest absolute Gasteiger partial charge is 0.451 e. The number of halogens is 7. The van der Waals surface area contributed by atoms with Crippen LogP contribution in [0.2, 0.25) is 0 Å². The third kappa shape index (κ3) is 9.46. The fourth-order valence-corrected chi connectivity index (χ4v) is 3.44. The Morgan fingerprint density at radius 1 is 0.545 bits per heavy atom. The molecule has 221 valence electrons. The van der Waals surface area contributed by atoms with Gasteiger partial charge in [-0.15, -0.1) is 0 Å². The summed E-state index contributed by atoms with van der Waals surface area (Å²) in [5, 5.41) is 5.25. The summed E-state index contributed by atoms with van der Waals surface area (Å²) < 4.78 is 88.2. The summed E-state index contributed by atoms with van der Waals surface area (Å²) in [7, 11) is 0. The summed E-state index contributed by atoms with van der Waals surface area (Å²) in [4.78, 5) is 15.1. The van der Waals surface area contributed by atoms with Crippen LogP contribution >= 0.6 is 0 Å². The number of benzene rings is 2. The molecular weight excluding hydrogens is 692 g/mol. The summed E-state index contributed by atoms with van der Waals surface area (Å²) in [6.07, 6.45) is 0.0786. The number of nitrogens with one attached hydrogen (secondary N) is 1. The van der Waals surface area contributed by atoms with Gasteiger partial charge in [-0.3, -0.25) is 20.1 Å². The van der Waals surface area contributed by atoms with Gasteiger partial charge < -0.3 is 0 Å². The van der Waals surface area contributed by atoms with E-state index in [1.54, 1.807) is 60.9 Å². The molecule has 3 radical (unpaired) electrons. The summed E-state index contributed by atoms with van der Waals surface area (Å²) in [6, 6.07) is 22.1. The van der Waals surface area contributed by atoms with E-state index in [1.807, 2.05) is 5.10 Å². The number of hydrogen-bond acceptors (Lipinski definition) is 5. The van der Waals surface area contributed by atoms with Gasteiger partial charge in [-0.25, -0.2) is 22.5 Å². The predicted molar refractivity (Wildman–Crippen MR) is 150 cm³/mol. The molecule has 0 saturated heterocycles. The second-order valence-electron chi connectivity index (χ2n) is 8.40. The number of aromatic nitrogens is 6. The van der Waals surface area contributed by atoms with Gasteiger partial charge in [0, 0.05) is 67.7 Å². The fourth-order valence-electron chi connectivity index (χ4n) is 3.44. The first-order chi connectivity index (χ1) is 20.6. The molecule has 0 aliphatic heterocycles. The quantitative estimate of drug-likeness (QED) is 0.192. The molecule has 0 bridgehead atoms. The van der Waals surface area contributed by atoms with Gasteiger partial charge in [0.1, 0.15) is 29.0 Å². The average Bonchev–Trinajstić information content (AvgIpc) is 3.51. The fraction of sp³-hybridized carbons (Fsp3) is 0.0333. The molecule has 1 N–H and O–H groups in total. The summed E-state index contributed by atoms with van der Waals surface area (Å²) in [5.41, 5.74) is 1.93. The molecule has 44 heavy (non-hydrogen) atoms. The van der Waals surface area contributed by atoms with Crippen LogP contribution in [0.1, 0.15) is 5.82 Å². The Hall–Kier alpha value is -4.59. The number of hydrogen-bond donors (Lipinski definition) is 1. The zero-order valence-corrected chi connectivity index (χ0v) is 25.6. The molecule has 6 nitrogen and oxygen atoms in total. The Labute approximate surface area is 264 Å². The number of rotatable bonds is 3. The second kappa shape index (κ2) is 15.8. The van der Waals surface area contributed by atoms with Gasteiger partial charge in [0.15, 0.2) is 5.82 Å². The first-order valence-corrected chi connectivity index (χ1v) is 12.3. The number of alkyl halides is 3. The van der Waals surface area contributed by atoms with Crippen LogP contribution in [-0.4, -0.2) is 56.0 Å². The smallest absolute Gasteiger partial charge is 0.256 e. The van der Waals surface area contributed by atoms with Crippen molar-refractivity contribution in [1.29, 1.82) is 0 Å². The molecule has 0 saturated carbocycles. The SMILES string of the molecule is FC(F)(F)c1nc(-c2ccccn2)n[nH]1.Fc1ccc(-c2ccccn2)c(F)c1.Fc1ccc(-c2ccccn2)c(F)c1.[In]. The van der Waals surface area contributed by atoms with Gasteiger partial charge in [-0.05, 0) is 60.7 Å². The predicted octanol–water partition coefficient (Wildman–Crippen LogP) is 7.56. The molecule has 0 spiro atoms. The molecule has 0 fully saturated rings. The Morgan fingerprint density at radius 3 is 1.32 bits per heavy atom. The van der Waals surface area contributed by atoms with Crippen LogP contribution in [0.4, 0.5) is 30.7 Å². The van der Waals surface area contributed by atoms with Crippen molar-refractivity contribution < 1.29 is 30.7 Å². The minimum Gasteiger partial charge on any atom is -0.256 e. The standard InChI is InChI=1S/2C11H7F2N.C8H5F3N4.In/c2*12-8-4-5-9(10(13)7-8)11-3-1-2-6-14-11;9-8(10,11)7-13-6(14-15-7)5-3-1-2-4-12-5;/h2*1-7H;1-4H,(H,13,14,15);. The number of pyridine rings is 3. The Balaban J connectivity index is 0.000000178. The Morgan fingerprint density at radius 2 is 0.977 bits per heavy atom. The van der Waals surface area contributed by atoms with Crippen LogP contribution < -0.4 is 0 Å². The van der Waals surface area contributed by atoms with E-state index < -0.39 is 35.3 Å². The summed E-state index contributed by atoms with van der Waals surface area (Å²) in [5.74, 6) is -3.54. The molecule has 2 aromatic carbocycles. The maximum atomic E-state index is 13.3. The van der Waals surface area contributed by atoms with Gasteiger partial charge in [-0.2, -0.15) is 18.3 Å². The molecule has 0 aliphatic rings. The minimum atomic E-state index is -4.51. The normalized spacial score (nSPS) is 10.4. The van der Waals surface area contributed by atoms with Crippen LogP contribution in [0.3, 0.4) is 0 Å². The van der Waals surface area contributed by atoms with Gasteiger partial charge in [0.2, 0.25) is 5.82 Å². The first-order valence-electron chi connectivity index (χ1n) is 12.3. The average molecular weight is 711 g/mol. The van der Waals surface area contributed by atoms with E-state index in [9.17, 15) is 30.7 Å². The van der Waals surface area contributed by atoms with Crippen LogP contribution in [0.5, 0.6) is 0 Å². The number of aromatic amines is 1. The maximum absolute atomic E-state index is 13.3. The van der Waals surface area contributed by atoms with Crippen LogP contribution in [-0.2, 0) is 6.18 Å². The zero-order chi connectivity index (χ0) is 30.8. The van der Waals surface area contributed by atoms with Crippen molar-refractivity contribution in [1.82, 2.24) is 30.1 Å². The molecule has 0 amide bonds. The van der Waals surface area contributed by atoms with E-state index in [0.717, 1.165) is 12.1 Å². The molecule has 0 atom stereocenters. The van der Waals surface area contributed by atoms with E-state index in [1.165, 1.54) is 36.5 Å². The van der Waals surface area contributed by atoms with Crippen molar-refractivity contribution in [3.05, 3.63) is 139 Å². The van der Waals surface area contributed by atoms with E-state index in [0.29, 0.717) is 28.2 Å². The molecule has 6 rings (SSSR count). The molecule has 14 heteroatoms. The van der Waals surface area contributed by atoms with Gasteiger partial charge >= 0.3 is 6.18 Å². The van der Waals surface area contributed by atoms with E-state index in [2.05, 4.69) is 25.0 Å².